The van der Waals surface area contributed by atoms with Gasteiger partial charge < -0.3 is 14.4 Å². The van der Waals surface area contributed by atoms with Gasteiger partial charge in [-0.1, -0.05) is 11.8 Å². The molecule has 2 saturated heterocycles. The van der Waals surface area contributed by atoms with E-state index in [9.17, 15) is 9.59 Å². The Balaban J connectivity index is 1.71. The SMILES string of the molecule is CC[NH+]1C(C)SCC1C1C(=O)C2CCC(OC(C)=O)CC2OC1C. The molecule has 3 aliphatic rings. The first kappa shape index (κ1) is 18.2. The molecular formula is C18H30NO4S+. The molecule has 0 spiro atoms. The number of carbonyl (C=O) groups is 2. The molecule has 8 unspecified atom stereocenters. The van der Waals surface area contributed by atoms with E-state index in [0.29, 0.717) is 23.6 Å². The minimum Gasteiger partial charge on any atom is -0.462 e. The normalized spacial score (nSPS) is 45.8. The highest BCUT2D eigenvalue weighted by Gasteiger charge is 2.53. The summed E-state index contributed by atoms with van der Waals surface area (Å²) in [5.41, 5.74) is 0. The van der Waals surface area contributed by atoms with Gasteiger partial charge in [-0.05, 0) is 33.6 Å². The lowest BCUT2D eigenvalue weighted by atomic mass is 9.72. The molecule has 1 saturated carbocycles. The summed E-state index contributed by atoms with van der Waals surface area (Å²) >= 11 is 1.97. The lowest BCUT2D eigenvalue weighted by Gasteiger charge is -2.45. The molecule has 0 aromatic carbocycles. The monoisotopic (exact) mass is 356 g/mol. The molecule has 2 aliphatic heterocycles. The Bertz CT molecular complexity index is 499. The number of ether oxygens (including phenoxy) is 2. The summed E-state index contributed by atoms with van der Waals surface area (Å²) < 4.78 is 11.6. The van der Waals surface area contributed by atoms with Crippen molar-refractivity contribution in [3.05, 3.63) is 0 Å². The van der Waals surface area contributed by atoms with Crippen molar-refractivity contribution < 1.29 is 24.0 Å². The Morgan fingerprint density at radius 3 is 2.79 bits per heavy atom. The topological polar surface area (TPSA) is 57.0 Å². The van der Waals surface area contributed by atoms with Crippen molar-refractivity contribution in [2.75, 3.05) is 12.3 Å². The molecule has 2 heterocycles. The summed E-state index contributed by atoms with van der Waals surface area (Å²) in [5.74, 6) is 1.18. The van der Waals surface area contributed by atoms with Gasteiger partial charge in [-0.15, -0.1) is 0 Å². The van der Waals surface area contributed by atoms with E-state index in [-0.39, 0.29) is 36.1 Å². The van der Waals surface area contributed by atoms with E-state index in [1.54, 1.807) is 0 Å². The van der Waals surface area contributed by atoms with Crippen LogP contribution in [0.2, 0.25) is 0 Å². The third-order valence-electron chi connectivity index (χ3n) is 6.03. The number of rotatable bonds is 3. The summed E-state index contributed by atoms with van der Waals surface area (Å²) in [6.45, 7) is 9.01. The number of hydrogen-bond acceptors (Lipinski definition) is 5. The molecule has 24 heavy (non-hydrogen) atoms. The molecule has 3 rings (SSSR count). The first-order valence-electron chi connectivity index (χ1n) is 9.26. The highest BCUT2D eigenvalue weighted by Crippen LogP contribution is 2.39. The number of hydrogen-bond donors (Lipinski definition) is 1. The van der Waals surface area contributed by atoms with Crippen LogP contribution in [0.4, 0.5) is 0 Å². The van der Waals surface area contributed by atoms with Gasteiger partial charge in [0.1, 0.15) is 23.3 Å². The maximum atomic E-state index is 13.2. The number of thioether (sulfide) groups is 1. The molecule has 0 radical (unpaired) electrons. The number of ketones is 1. The van der Waals surface area contributed by atoms with Crippen LogP contribution in [0.5, 0.6) is 0 Å². The fourth-order valence-corrected chi connectivity index (χ4v) is 6.39. The zero-order valence-electron chi connectivity index (χ0n) is 15.1. The van der Waals surface area contributed by atoms with Crippen molar-refractivity contribution in [2.24, 2.45) is 11.8 Å². The average molecular weight is 357 g/mol. The molecular weight excluding hydrogens is 326 g/mol. The van der Waals surface area contributed by atoms with Crippen molar-refractivity contribution in [1.29, 1.82) is 0 Å². The summed E-state index contributed by atoms with van der Waals surface area (Å²) in [6.07, 6.45) is 1.98. The number of Topliss-reactive ketones (excluding diaryl/α,β-unsaturated/α-hetero) is 1. The Kier molecular flexibility index (Phi) is 5.57. The predicted octanol–water partition coefficient (Wildman–Crippen LogP) is 1.06. The number of carbonyl (C=O) groups excluding carboxylic acids is 2. The van der Waals surface area contributed by atoms with Crippen LogP contribution < -0.4 is 4.90 Å². The Labute approximate surface area is 148 Å². The molecule has 6 heteroatoms. The van der Waals surface area contributed by atoms with E-state index >= 15 is 0 Å². The van der Waals surface area contributed by atoms with Crippen LogP contribution in [-0.2, 0) is 19.1 Å². The highest BCUT2D eigenvalue weighted by atomic mass is 32.2. The van der Waals surface area contributed by atoms with Gasteiger partial charge in [-0.2, -0.15) is 0 Å². The minimum atomic E-state index is -0.245. The van der Waals surface area contributed by atoms with Crippen molar-refractivity contribution in [2.45, 2.75) is 76.7 Å². The zero-order valence-corrected chi connectivity index (χ0v) is 15.9. The Hall–Kier alpha value is -0.590. The van der Waals surface area contributed by atoms with E-state index in [1.165, 1.54) is 11.8 Å². The number of quaternary nitrogens is 1. The second-order valence-corrected chi connectivity index (χ2v) is 8.84. The van der Waals surface area contributed by atoms with Crippen molar-refractivity contribution in [3.63, 3.8) is 0 Å². The molecule has 0 bridgehead atoms. The van der Waals surface area contributed by atoms with Crippen LogP contribution in [-0.4, -0.2) is 53.8 Å². The van der Waals surface area contributed by atoms with Crippen LogP contribution >= 0.6 is 11.8 Å². The molecule has 1 aliphatic carbocycles. The zero-order chi connectivity index (χ0) is 17.4. The number of nitrogens with one attached hydrogen (secondary N) is 1. The summed E-state index contributed by atoms with van der Waals surface area (Å²) in [5, 5.41) is 0.553. The minimum absolute atomic E-state index is 0.00363. The van der Waals surface area contributed by atoms with Gasteiger partial charge in [-0.3, -0.25) is 9.59 Å². The first-order valence-corrected chi connectivity index (χ1v) is 10.3. The average Bonchev–Trinajstić information content (AvgIpc) is 2.87. The van der Waals surface area contributed by atoms with Gasteiger partial charge in [0, 0.05) is 19.3 Å². The van der Waals surface area contributed by atoms with Gasteiger partial charge in [0.2, 0.25) is 0 Å². The van der Waals surface area contributed by atoms with Gasteiger partial charge in [0.05, 0.1) is 30.4 Å². The quantitative estimate of drug-likeness (QED) is 0.766. The summed E-state index contributed by atoms with van der Waals surface area (Å²) in [6, 6.07) is 0.365. The van der Waals surface area contributed by atoms with E-state index < -0.39 is 0 Å². The molecule has 1 N–H and O–H groups in total. The third-order valence-corrected chi connectivity index (χ3v) is 7.39. The molecule has 0 aromatic heterocycles. The van der Waals surface area contributed by atoms with Crippen LogP contribution in [0.25, 0.3) is 0 Å². The smallest absolute Gasteiger partial charge is 0.302 e. The predicted molar refractivity (Wildman–Crippen MR) is 92.9 cm³/mol. The van der Waals surface area contributed by atoms with Crippen molar-refractivity contribution >= 4 is 23.5 Å². The molecule has 8 atom stereocenters. The highest BCUT2D eigenvalue weighted by molar-refractivity contribution is 7.99. The first-order chi connectivity index (χ1) is 11.4. The Morgan fingerprint density at radius 1 is 1.38 bits per heavy atom. The van der Waals surface area contributed by atoms with Crippen LogP contribution in [0.15, 0.2) is 0 Å². The van der Waals surface area contributed by atoms with Gasteiger partial charge in [0.25, 0.3) is 0 Å². The largest absolute Gasteiger partial charge is 0.462 e. The second kappa shape index (κ2) is 7.34. The lowest BCUT2D eigenvalue weighted by Crippen LogP contribution is -3.17. The van der Waals surface area contributed by atoms with Gasteiger partial charge in [-0.25, -0.2) is 0 Å². The lowest BCUT2D eigenvalue weighted by molar-refractivity contribution is -0.927. The molecule has 136 valence electrons. The molecule has 5 nitrogen and oxygen atoms in total. The van der Waals surface area contributed by atoms with Gasteiger partial charge in [0.15, 0.2) is 0 Å². The van der Waals surface area contributed by atoms with E-state index in [4.69, 9.17) is 9.47 Å². The number of esters is 1. The standard InChI is InChI=1S/C18H29NO4S/c1-5-19-11(3)24-9-15(19)17-10(2)22-16-8-13(23-12(4)20)6-7-14(16)18(17)21/h10-11,13-17H,5-9H2,1-4H3/p+1. The van der Waals surface area contributed by atoms with E-state index in [0.717, 1.165) is 25.1 Å². The van der Waals surface area contributed by atoms with Crippen molar-refractivity contribution in [1.82, 2.24) is 0 Å². The summed E-state index contributed by atoms with van der Waals surface area (Å²) in [4.78, 5) is 26.0. The fraction of sp³-hybridized carbons (Fsp3) is 0.889. The van der Waals surface area contributed by atoms with Crippen LogP contribution in [0.3, 0.4) is 0 Å². The van der Waals surface area contributed by atoms with Crippen LogP contribution in [0.1, 0.15) is 47.0 Å². The third kappa shape index (κ3) is 3.37. The molecule has 0 amide bonds. The summed E-state index contributed by atoms with van der Waals surface area (Å²) in [7, 11) is 0. The number of fused-ring (bicyclic) bond motifs is 1. The Morgan fingerprint density at radius 2 is 2.12 bits per heavy atom. The second-order valence-electron chi connectivity index (χ2n) is 7.47. The molecule has 3 fully saturated rings. The fourth-order valence-electron chi connectivity index (χ4n) is 4.92. The molecule has 0 aromatic rings. The van der Waals surface area contributed by atoms with E-state index in [2.05, 4.69) is 20.8 Å². The van der Waals surface area contributed by atoms with Crippen LogP contribution in [0, 0.1) is 11.8 Å². The maximum Gasteiger partial charge on any atom is 0.302 e. The van der Waals surface area contributed by atoms with E-state index in [1.807, 2.05) is 11.8 Å². The maximum absolute atomic E-state index is 13.2. The van der Waals surface area contributed by atoms with Gasteiger partial charge >= 0.3 is 5.97 Å². The van der Waals surface area contributed by atoms with Crippen molar-refractivity contribution in [3.8, 4) is 0 Å².